The molecular weight excluding hydrogens is 250 g/mol. The number of carboxylic acids is 1. The zero-order chi connectivity index (χ0) is 13.1. The molecule has 1 aliphatic rings. The van der Waals surface area contributed by atoms with E-state index in [0.29, 0.717) is 0 Å². The van der Waals surface area contributed by atoms with Gasteiger partial charge in [0.05, 0.1) is 0 Å². The summed E-state index contributed by atoms with van der Waals surface area (Å²) in [5.41, 5.74) is 3.36. The first kappa shape index (κ1) is 13.0. The van der Waals surface area contributed by atoms with Gasteiger partial charge < -0.3 is 10.0 Å². The molecule has 2 rings (SSSR count). The summed E-state index contributed by atoms with van der Waals surface area (Å²) in [5, 5.41) is 9.46. The van der Waals surface area contributed by atoms with Gasteiger partial charge in [0.2, 0.25) is 0 Å². The molecule has 0 aliphatic carbocycles. The molecule has 1 N–H and O–H groups in total. The Morgan fingerprint density at radius 3 is 2.67 bits per heavy atom. The number of aliphatic carboxylic acids is 1. The van der Waals surface area contributed by atoms with Crippen LogP contribution in [0.4, 0.5) is 5.69 Å². The molecule has 1 saturated heterocycles. The highest BCUT2D eigenvalue weighted by atomic mass is 35.5. The molecule has 0 saturated carbocycles. The number of hydrogen-bond donors (Lipinski definition) is 1. The minimum absolute atomic E-state index is 0.738. The molecule has 96 valence electrons. The van der Waals surface area contributed by atoms with Crippen molar-refractivity contribution in [3.63, 3.8) is 0 Å². The molecule has 0 spiro atoms. The van der Waals surface area contributed by atoms with E-state index in [4.69, 9.17) is 16.7 Å². The van der Waals surface area contributed by atoms with Crippen molar-refractivity contribution in [3.05, 3.63) is 40.4 Å². The van der Waals surface area contributed by atoms with E-state index in [1.54, 1.807) is 0 Å². The number of benzene rings is 1. The van der Waals surface area contributed by atoms with E-state index in [-0.39, 0.29) is 0 Å². The normalized spacial score (nSPS) is 15.7. The average molecular weight is 266 g/mol. The van der Waals surface area contributed by atoms with Crippen molar-refractivity contribution in [3.8, 4) is 0 Å². The maximum atomic E-state index is 10.6. The van der Waals surface area contributed by atoms with E-state index in [2.05, 4.69) is 11.8 Å². The van der Waals surface area contributed by atoms with Gasteiger partial charge in [-0.05, 0) is 37.5 Å². The molecule has 1 aromatic rings. The third kappa shape index (κ3) is 3.05. The number of anilines is 1. The van der Waals surface area contributed by atoms with Gasteiger partial charge in [0.1, 0.15) is 0 Å². The number of rotatable bonds is 2. The van der Waals surface area contributed by atoms with Crippen LogP contribution >= 0.6 is 11.6 Å². The van der Waals surface area contributed by atoms with Gasteiger partial charge in [0, 0.05) is 29.9 Å². The lowest BCUT2D eigenvalue weighted by Crippen LogP contribution is -2.31. The monoisotopic (exact) mass is 265 g/mol. The second-order valence-corrected chi connectivity index (χ2v) is 5.00. The maximum Gasteiger partial charge on any atom is 0.328 e. The molecule has 1 heterocycles. The van der Waals surface area contributed by atoms with E-state index < -0.39 is 5.97 Å². The fourth-order valence-electron chi connectivity index (χ4n) is 2.28. The van der Waals surface area contributed by atoms with E-state index in [1.165, 1.54) is 11.6 Å². The number of halogens is 1. The second-order valence-electron chi connectivity index (χ2n) is 4.56. The summed E-state index contributed by atoms with van der Waals surface area (Å²) in [7, 11) is 0. The molecule has 0 aromatic heterocycles. The Morgan fingerprint density at radius 2 is 2.06 bits per heavy atom. The molecule has 18 heavy (non-hydrogen) atoms. The Hall–Kier alpha value is -1.48. The SMILES string of the molecule is Cc1ccc(Cl)cc1N1CCC(=CC(=O)O)CC1. The van der Waals surface area contributed by atoms with Gasteiger partial charge in [-0.25, -0.2) is 4.79 Å². The van der Waals surface area contributed by atoms with Crippen LogP contribution in [0.3, 0.4) is 0 Å². The number of nitrogens with zero attached hydrogens (tertiary/aromatic N) is 1. The van der Waals surface area contributed by atoms with Crippen molar-refractivity contribution in [2.75, 3.05) is 18.0 Å². The lowest BCUT2D eigenvalue weighted by atomic mass is 10.0. The summed E-state index contributed by atoms with van der Waals surface area (Å²) < 4.78 is 0. The highest BCUT2D eigenvalue weighted by Crippen LogP contribution is 2.28. The summed E-state index contributed by atoms with van der Waals surface area (Å²) in [6, 6.07) is 5.88. The fourth-order valence-corrected chi connectivity index (χ4v) is 2.44. The molecule has 1 aromatic carbocycles. The van der Waals surface area contributed by atoms with Crippen molar-refractivity contribution in [1.82, 2.24) is 0 Å². The molecule has 0 unspecified atom stereocenters. The predicted molar refractivity (Wildman–Crippen MR) is 73.4 cm³/mol. The van der Waals surface area contributed by atoms with Crippen molar-refractivity contribution in [2.45, 2.75) is 19.8 Å². The first-order valence-electron chi connectivity index (χ1n) is 6.00. The van der Waals surface area contributed by atoms with Gasteiger partial charge in [-0.2, -0.15) is 0 Å². The quantitative estimate of drug-likeness (QED) is 0.835. The number of carboxylic acid groups (broad SMARTS) is 1. The molecule has 0 amide bonds. The van der Waals surface area contributed by atoms with Crippen LogP contribution in [0.25, 0.3) is 0 Å². The Balaban J connectivity index is 2.10. The van der Waals surface area contributed by atoms with Gasteiger partial charge in [0.15, 0.2) is 0 Å². The van der Waals surface area contributed by atoms with E-state index in [0.717, 1.165) is 42.2 Å². The summed E-state index contributed by atoms with van der Waals surface area (Å²) in [6.07, 6.45) is 2.94. The van der Waals surface area contributed by atoms with Gasteiger partial charge in [-0.1, -0.05) is 23.2 Å². The molecule has 0 bridgehead atoms. The van der Waals surface area contributed by atoms with Gasteiger partial charge in [0.25, 0.3) is 0 Å². The average Bonchev–Trinajstić information content (AvgIpc) is 2.33. The molecule has 4 heteroatoms. The van der Waals surface area contributed by atoms with Crippen LogP contribution in [0.2, 0.25) is 5.02 Å². The third-order valence-corrected chi connectivity index (χ3v) is 3.48. The van der Waals surface area contributed by atoms with Gasteiger partial charge >= 0.3 is 5.97 Å². The first-order valence-corrected chi connectivity index (χ1v) is 6.37. The molecule has 0 radical (unpaired) electrons. The van der Waals surface area contributed by atoms with Crippen LogP contribution in [-0.4, -0.2) is 24.2 Å². The smallest absolute Gasteiger partial charge is 0.328 e. The highest BCUT2D eigenvalue weighted by molar-refractivity contribution is 6.30. The van der Waals surface area contributed by atoms with Crippen molar-refractivity contribution < 1.29 is 9.90 Å². The first-order chi connectivity index (χ1) is 8.56. The Morgan fingerprint density at radius 1 is 1.39 bits per heavy atom. The van der Waals surface area contributed by atoms with Crippen LogP contribution in [0.5, 0.6) is 0 Å². The topological polar surface area (TPSA) is 40.5 Å². The largest absolute Gasteiger partial charge is 0.478 e. The van der Waals surface area contributed by atoms with Gasteiger partial charge in [-0.3, -0.25) is 0 Å². The molecule has 1 fully saturated rings. The number of hydrogen-bond acceptors (Lipinski definition) is 2. The standard InChI is InChI=1S/C14H16ClNO2/c1-10-2-3-12(15)9-13(10)16-6-4-11(5-7-16)8-14(17)18/h2-3,8-9H,4-7H2,1H3,(H,17,18). The van der Waals surface area contributed by atoms with Gasteiger partial charge in [-0.15, -0.1) is 0 Å². The number of piperidine rings is 1. The molecule has 0 atom stereocenters. The zero-order valence-corrected chi connectivity index (χ0v) is 11.1. The van der Waals surface area contributed by atoms with E-state index in [1.807, 2.05) is 18.2 Å². The van der Waals surface area contributed by atoms with Crippen molar-refractivity contribution in [2.24, 2.45) is 0 Å². The summed E-state index contributed by atoms with van der Waals surface area (Å²) >= 11 is 6.02. The van der Waals surface area contributed by atoms with Crippen LogP contribution in [0.15, 0.2) is 29.8 Å². The van der Waals surface area contributed by atoms with Crippen LogP contribution < -0.4 is 4.90 Å². The van der Waals surface area contributed by atoms with Crippen LogP contribution in [0.1, 0.15) is 18.4 Å². The van der Waals surface area contributed by atoms with Crippen molar-refractivity contribution in [1.29, 1.82) is 0 Å². The lowest BCUT2D eigenvalue weighted by Gasteiger charge is -2.31. The van der Waals surface area contributed by atoms with Crippen LogP contribution in [0, 0.1) is 6.92 Å². The predicted octanol–water partition coefficient (Wildman–Crippen LogP) is 3.26. The summed E-state index contributed by atoms with van der Waals surface area (Å²) in [5.74, 6) is -0.850. The van der Waals surface area contributed by atoms with Crippen molar-refractivity contribution >= 4 is 23.3 Å². The minimum Gasteiger partial charge on any atom is -0.478 e. The lowest BCUT2D eigenvalue weighted by molar-refractivity contribution is -0.131. The number of aryl methyl sites for hydroxylation is 1. The van der Waals surface area contributed by atoms with E-state index in [9.17, 15) is 4.79 Å². The third-order valence-electron chi connectivity index (χ3n) is 3.25. The Kier molecular flexibility index (Phi) is 3.92. The highest BCUT2D eigenvalue weighted by Gasteiger charge is 2.16. The Bertz CT molecular complexity index is 487. The minimum atomic E-state index is -0.850. The molecule has 1 aliphatic heterocycles. The van der Waals surface area contributed by atoms with Crippen LogP contribution in [-0.2, 0) is 4.79 Å². The maximum absolute atomic E-state index is 10.6. The summed E-state index contributed by atoms with van der Waals surface area (Å²) in [6.45, 7) is 3.76. The fraction of sp³-hybridized carbons (Fsp3) is 0.357. The van der Waals surface area contributed by atoms with E-state index >= 15 is 0 Å². The molecular formula is C14H16ClNO2. The Labute approximate surface area is 112 Å². The second kappa shape index (κ2) is 5.44. The molecule has 3 nitrogen and oxygen atoms in total. The summed E-state index contributed by atoms with van der Waals surface area (Å²) in [4.78, 5) is 12.9. The zero-order valence-electron chi connectivity index (χ0n) is 10.3. The number of carbonyl (C=O) groups is 1.